The Hall–Kier alpha value is -1.36. The number of rotatable bonds is 1. The minimum Gasteiger partial charge on any atom is -0.465 e. The van der Waals surface area contributed by atoms with Crippen LogP contribution in [0, 0.1) is 0 Å². The summed E-state index contributed by atoms with van der Waals surface area (Å²) >= 11 is 0. The molecular formula is C10H11NO3S. The first-order valence-corrected chi connectivity index (χ1v) is 5.89. The second-order valence-corrected chi connectivity index (χ2v) is 4.72. The fraction of sp³-hybridized carbons (Fsp3) is 0.300. The monoisotopic (exact) mass is 225 g/mol. The van der Waals surface area contributed by atoms with Crippen molar-refractivity contribution in [1.82, 2.24) is 0 Å². The average Bonchev–Trinajstić information content (AvgIpc) is 2.28. The second kappa shape index (κ2) is 4.02. The predicted molar refractivity (Wildman–Crippen MR) is 57.5 cm³/mol. The molecule has 1 unspecified atom stereocenters. The average molecular weight is 225 g/mol. The first-order valence-electron chi connectivity index (χ1n) is 4.57. The maximum absolute atomic E-state index is 11.6. The van der Waals surface area contributed by atoms with Gasteiger partial charge >= 0.3 is 5.97 Å². The maximum atomic E-state index is 11.6. The van der Waals surface area contributed by atoms with Gasteiger partial charge in [-0.15, -0.1) is 0 Å². The zero-order chi connectivity index (χ0) is 10.8. The van der Waals surface area contributed by atoms with Gasteiger partial charge in [-0.1, -0.05) is 0 Å². The van der Waals surface area contributed by atoms with Crippen LogP contribution in [0.5, 0.6) is 0 Å². The van der Waals surface area contributed by atoms with Crippen molar-refractivity contribution >= 4 is 22.5 Å². The molecule has 0 aromatic heterocycles. The third kappa shape index (κ3) is 1.87. The SMILES string of the molecule is COC(=O)c1ccc2c(c1)NCCS2=O. The molecule has 0 radical (unpaired) electrons. The number of benzene rings is 1. The van der Waals surface area contributed by atoms with Gasteiger partial charge in [-0.2, -0.15) is 0 Å². The van der Waals surface area contributed by atoms with E-state index in [2.05, 4.69) is 10.1 Å². The smallest absolute Gasteiger partial charge is 0.337 e. The topological polar surface area (TPSA) is 55.4 Å². The number of carbonyl (C=O) groups excluding carboxylic acids is 1. The summed E-state index contributed by atoms with van der Waals surface area (Å²) in [6.45, 7) is 0.671. The number of nitrogens with one attached hydrogen (secondary N) is 1. The van der Waals surface area contributed by atoms with Crippen LogP contribution < -0.4 is 5.32 Å². The lowest BCUT2D eigenvalue weighted by Crippen LogP contribution is -2.19. The molecule has 0 fully saturated rings. The van der Waals surface area contributed by atoms with Gasteiger partial charge in [0.1, 0.15) is 0 Å². The van der Waals surface area contributed by atoms with E-state index >= 15 is 0 Å². The number of hydrogen-bond acceptors (Lipinski definition) is 4. The Morgan fingerprint density at radius 2 is 2.33 bits per heavy atom. The molecule has 0 saturated heterocycles. The maximum Gasteiger partial charge on any atom is 0.337 e. The van der Waals surface area contributed by atoms with E-state index in [1.165, 1.54) is 7.11 Å². The molecule has 1 aromatic carbocycles. The van der Waals surface area contributed by atoms with Crippen LogP contribution in [0.15, 0.2) is 23.1 Å². The lowest BCUT2D eigenvalue weighted by atomic mass is 10.2. The van der Waals surface area contributed by atoms with E-state index in [1.54, 1.807) is 18.2 Å². The molecule has 0 aliphatic carbocycles. The quantitative estimate of drug-likeness (QED) is 0.725. The second-order valence-electron chi connectivity index (χ2n) is 3.18. The van der Waals surface area contributed by atoms with Gasteiger partial charge in [0.2, 0.25) is 0 Å². The highest BCUT2D eigenvalue weighted by Crippen LogP contribution is 2.24. The molecular weight excluding hydrogens is 214 g/mol. The molecule has 1 atom stereocenters. The van der Waals surface area contributed by atoms with E-state index < -0.39 is 10.8 Å². The molecule has 1 N–H and O–H groups in total. The lowest BCUT2D eigenvalue weighted by molar-refractivity contribution is 0.0600. The highest BCUT2D eigenvalue weighted by Gasteiger charge is 2.17. The molecule has 0 saturated carbocycles. The van der Waals surface area contributed by atoms with E-state index in [-0.39, 0.29) is 5.97 Å². The highest BCUT2D eigenvalue weighted by molar-refractivity contribution is 7.85. The Bertz CT molecular complexity index is 431. The van der Waals surface area contributed by atoms with Crippen molar-refractivity contribution < 1.29 is 13.7 Å². The Labute approximate surface area is 90.1 Å². The molecule has 1 aromatic rings. The zero-order valence-electron chi connectivity index (χ0n) is 8.28. The van der Waals surface area contributed by atoms with Crippen molar-refractivity contribution in [1.29, 1.82) is 0 Å². The van der Waals surface area contributed by atoms with E-state index in [0.29, 0.717) is 17.9 Å². The van der Waals surface area contributed by atoms with Gasteiger partial charge in [0, 0.05) is 12.3 Å². The first kappa shape index (κ1) is 10.2. The molecule has 0 spiro atoms. The molecule has 15 heavy (non-hydrogen) atoms. The van der Waals surface area contributed by atoms with Crippen molar-refractivity contribution in [2.75, 3.05) is 24.7 Å². The summed E-state index contributed by atoms with van der Waals surface area (Å²) in [5.41, 5.74) is 1.24. The molecule has 5 heteroatoms. The van der Waals surface area contributed by atoms with E-state index in [4.69, 9.17) is 0 Å². The van der Waals surface area contributed by atoms with Crippen LogP contribution in [0.2, 0.25) is 0 Å². The molecule has 80 valence electrons. The van der Waals surface area contributed by atoms with Gasteiger partial charge in [0.05, 0.1) is 34.1 Å². The predicted octanol–water partition coefficient (Wildman–Crippen LogP) is 1.01. The first-order chi connectivity index (χ1) is 7.22. The van der Waals surface area contributed by atoms with Crippen LogP contribution in [0.3, 0.4) is 0 Å². The van der Waals surface area contributed by atoms with Crippen LogP contribution in [0.25, 0.3) is 0 Å². The van der Waals surface area contributed by atoms with Gasteiger partial charge in [0.25, 0.3) is 0 Å². The summed E-state index contributed by atoms with van der Waals surface area (Å²) in [6.07, 6.45) is 0. The molecule has 1 aliphatic rings. The lowest BCUT2D eigenvalue weighted by Gasteiger charge is -2.17. The van der Waals surface area contributed by atoms with Gasteiger partial charge in [-0.05, 0) is 18.2 Å². The van der Waals surface area contributed by atoms with Crippen LogP contribution in [0.4, 0.5) is 5.69 Å². The number of carbonyl (C=O) groups is 1. The minimum absolute atomic E-state index is 0.379. The summed E-state index contributed by atoms with van der Waals surface area (Å²) < 4.78 is 16.2. The summed E-state index contributed by atoms with van der Waals surface area (Å²) in [5.74, 6) is 0.237. The number of esters is 1. The van der Waals surface area contributed by atoms with Crippen LogP contribution >= 0.6 is 0 Å². The third-order valence-corrected chi connectivity index (χ3v) is 3.67. The van der Waals surface area contributed by atoms with E-state index in [9.17, 15) is 9.00 Å². The largest absolute Gasteiger partial charge is 0.465 e. The number of hydrogen-bond donors (Lipinski definition) is 1. The minimum atomic E-state index is -0.953. The van der Waals surface area contributed by atoms with Gasteiger partial charge in [-0.3, -0.25) is 4.21 Å². The molecule has 4 nitrogen and oxygen atoms in total. The number of ether oxygens (including phenoxy) is 1. The fourth-order valence-electron chi connectivity index (χ4n) is 1.50. The Balaban J connectivity index is 2.41. The summed E-state index contributed by atoms with van der Waals surface area (Å²) in [7, 11) is 0.387. The van der Waals surface area contributed by atoms with E-state index in [1.807, 2.05) is 0 Å². The molecule has 0 amide bonds. The molecule has 0 bridgehead atoms. The van der Waals surface area contributed by atoms with Crippen LogP contribution in [-0.2, 0) is 15.5 Å². The Kier molecular flexibility index (Phi) is 2.73. The van der Waals surface area contributed by atoms with Gasteiger partial charge in [0.15, 0.2) is 0 Å². The van der Waals surface area contributed by atoms with E-state index in [0.717, 1.165) is 10.6 Å². The van der Waals surface area contributed by atoms with Gasteiger partial charge < -0.3 is 10.1 Å². The van der Waals surface area contributed by atoms with Crippen molar-refractivity contribution in [3.63, 3.8) is 0 Å². The fourth-order valence-corrected chi connectivity index (χ4v) is 2.60. The normalized spacial score (nSPS) is 18.9. The Morgan fingerprint density at radius 1 is 1.53 bits per heavy atom. The van der Waals surface area contributed by atoms with Gasteiger partial charge in [-0.25, -0.2) is 4.79 Å². The van der Waals surface area contributed by atoms with Crippen LogP contribution in [-0.4, -0.2) is 29.6 Å². The highest BCUT2D eigenvalue weighted by atomic mass is 32.2. The van der Waals surface area contributed by atoms with Crippen molar-refractivity contribution in [2.24, 2.45) is 0 Å². The summed E-state index contributed by atoms with van der Waals surface area (Å²) in [5, 5.41) is 3.11. The number of anilines is 1. The molecule has 2 rings (SSSR count). The van der Waals surface area contributed by atoms with Crippen LogP contribution in [0.1, 0.15) is 10.4 Å². The van der Waals surface area contributed by atoms with Crippen molar-refractivity contribution in [3.8, 4) is 0 Å². The third-order valence-electron chi connectivity index (χ3n) is 2.25. The standard InChI is InChI=1S/C10H11NO3S/c1-14-10(12)7-2-3-9-8(6-7)11-4-5-15(9)13/h2-3,6,11H,4-5H2,1H3. The number of methoxy groups -OCH3 is 1. The molecule has 1 heterocycles. The van der Waals surface area contributed by atoms with Crippen molar-refractivity contribution in [2.45, 2.75) is 4.90 Å². The summed E-state index contributed by atoms with van der Waals surface area (Å²) in [4.78, 5) is 12.0. The molecule has 1 aliphatic heterocycles. The number of fused-ring (bicyclic) bond motifs is 1. The van der Waals surface area contributed by atoms with Crippen molar-refractivity contribution in [3.05, 3.63) is 23.8 Å². The Morgan fingerprint density at radius 3 is 3.07 bits per heavy atom. The zero-order valence-corrected chi connectivity index (χ0v) is 9.10. The summed E-state index contributed by atoms with van der Waals surface area (Å²) in [6, 6.07) is 5.03.